The molecule has 0 aliphatic heterocycles. The SMILES string of the molecule is COc1cn(CC/C=C(\C)F)c(Nc2cccc3c(=O)[nH]ccc23)nc1=O. The molecule has 2 heterocycles. The van der Waals surface area contributed by atoms with Crippen molar-refractivity contribution in [2.75, 3.05) is 12.4 Å². The van der Waals surface area contributed by atoms with Crippen LogP contribution in [0.4, 0.5) is 16.0 Å². The minimum absolute atomic E-state index is 0.0934. The van der Waals surface area contributed by atoms with Crippen molar-refractivity contribution in [1.82, 2.24) is 14.5 Å². The third-order valence-electron chi connectivity index (χ3n) is 4.04. The van der Waals surface area contributed by atoms with Crippen molar-refractivity contribution in [2.45, 2.75) is 19.9 Å². The Kier molecular flexibility index (Phi) is 5.35. The number of methoxy groups -OCH3 is 1. The zero-order valence-corrected chi connectivity index (χ0v) is 15.0. The molecule has 3 aromatic rings. The van der Waals surface area contributed by atoms with Crippen LogP contribution in [0.25, 0.3) is 10.8 Å². The summed E-state index contributed by atoms with van der Waals surface area (Å²) in [5.74, 6) is 0.0908. The van der Waals surface area contributed by atoms with E-state index in [1.54, 1.807) is 35.0 Å². The largest absolute Gasteiger partial charge is 0.490 e. The Morgan fingerprint density at radius 3 is 2.89 bits per heavy atom. The van der Waals surface area contributed by atoms with Gasteiger partial charge in [0.2, 0.25) is 11.7 Å². The first-order chi connectivity index (χ1) is 13.0. The van der Waals surface area contributed by atoms with Gasteiger partial charge in [-0.05, 0) is 31.5 Å². The van der Waals surface area contributed by atoms with E-state index in [9.17, 15) is 14.0 Å². The second kappa shape index (κ2) is 7.86. The Balaban J connectivity index is 2.05. The highest BCUT2D eigenvalue weighted by Crippen LogP contribution is 2.24. The lowest BCUT2D eigenvalue weighted by molar-refractivity contribution is 0.401. The minimum Gasteiger partial charge on any atom is -0.490 e. The Morgan fingerprint density at radius 1 is 1.33 bits per heavy atom. The average molecular weight is 370 g/mol. The number of pyridine rings is 1. The first kappa shape index (κ1) is 18.4. The van der Waals surface area contributed by atoms with Gasteiger partial charge in [-0.1, -0.05) is 12.1 Å². The van der Waals surface area contributed by atoms with Gasteiger partial charge in [0.1, 0.15) is 0 Å². The van der Waals surface area contributed by atoms with Crippen molar-refractivity contribution in [3.05, 3.63) is 69.3 Å². The lowest BCUT2D eigenvalue weighted by Gasteiger charge is -2.15. The third-order valence-corrected chi connectivity index (χ3v) is 4.04. The molecule has 0 fully saturated rings. The summed E-state index contributed by atoms with van der Waals surface area (Å²) in [4.78, 5) is 30.7. The summed E-state index contributed by atoms with van der Waals surface area (Å²) in [7, 11) is 1.39. The predicted octanol–water partition coefficient (Wildman–Crippen LogP) is 3.10. The Hall–Kier alpha value is -3.42. The van der Waals surface area contributed by atoms with E-state index < -0.39 is 5.56 Å². The monoisotopic (exact) mass is 370 g/mol. The molecule has 2 N–H and O–H groups in total. The highest BCUT2D eigenvalue weighted by Gasteiger charge is 2.11. The van der Waals surface area contributed by atoms with Crippen LogP contribution in [-0.4, -0.2) is 21.6 Å². The number of nitrogens with one attached hydrogen (secondary N) is 2. The van der Waals surface area contributed by atoms with Gasteiger partial charge < -0.3 is 19.6 Å². The molecular weight excluding hydrogens is 351 g/mol. The summed E-state index contributed by atoms with van der Waals surface area (Å²) in [5.41, 5.74) is -0.104. The summed E-state index contributed by atoms with van der Waals surface area (Å²) < 4.78 is 19.7. The maximum absolute atomic E-state index is 13.0. The number of ether oxygens (including phenoxy) is 1. The Bertz CT molecular complexity index is 1110. The molecule has 0 aliphatic rings. The molecule has 0 atom stereocenters. The van der Waals surface area contributed by atoms with Crippen molar-refractivity contribution in [3.8, 4) is 5.75 Å². The van der Waals surface area contributed by atoms with Crippen LogP contribution in [0.1, 0.15) is 13.3 Å². The van der Waals surface area contributed by atoms with Gasteiger partial charge in [0.25, 0.3) is 5.56 Å². The number of aromatic amines is 1. The van der Waals surface area contributed by atoms with E-state index in [2.05, 4.69) is 15.3 Å². The topological polar surface area (TPSA) is 89.0 Å². The summed E-state index contributed by atoms with van der Waals surface area (Å²) >= 11 is 0. The molecule has 2 aromatic heterocycles. The van der Waals surface area contributed by atoms with E-state index in [0.29, 0.717) is 29.4 Å². The second-order valence-corrected chi connectivity index (χ2v) is 5.91. The average Bonchev–Trinajstić information content (AvgIpc) is 2.64. The molecular formula is C19H19FN4O3. The lowest BCUT2D eigenvalue weighted by atomic mass is 10.1. The summed E-state index contributed by atoms with van der Waals surface area (Å²) in [5, 5.41) is 4.31. The molecule has 8 heteroatoms. The molecule has 0 amide bonds. The van der Waals surface area contributed by atoms with E-state index in [1.165, 1.54) is 26.3 Å². The normalized spacial score (nSPS) is 11.6. The first-order valence-electron chi connectivity index (χ1n) is 8.35. The predicted molar refractivity (Wildman–Crippen MR) is 102 cm³/mol. The van der Waals surface area contributed by atoms with Crippen LogP contribution < -0.4 is 21.2 Å². The van der Waals surface area contributed by atoms with Crippen LogP contribution >= 0.6 is 0 Å². The van der Waals surface area contributed by atoms with E-state index in [0.717, 1.165) is 0 Å². The number of nitrogens with zero attached hydrogens (tertiary/aromatic N) is 2. The lowest BCUT2D eigenvalue weighted by Crippen LogP contribution is -2.18. The molecule has 27 heavy (non-hydrogen) atoms. The number of hydrogen-bond donors (Lipinski definition) is 2. The number of H-pyrrole nitrogens is 1. The molecule has 7 nitrogen and oxygen atoms in total. The van der Waals surface area contributed by atoms with E-state index >= 15 is 0 Å². The molecule has 0 aliphatic carbocycles. The summed E-state index contributed by atoms with van der Waals surface area (Å²) in [6, 6.07) is 7.00. The van der Waals surface area contributed by atoms with Gasteiger partial charge in [0.15, 0.2) is 0 Å². The molecule has 0 bridgehead atoms. The molecule has 140 valence electrons. The second-order valence-electron chi connectivity index (χ2n) is 5.91. The standard InChI is InChI=1S/C19H19FN4O3/c1-12(20)5-4-10-24-11-16(27-2)18(26)23-19(24)22-15-7-3-6-14-13(15)8-9-21-17(14)25/h3,5-9,11H,4,10H2,1-2H3,(H,21,25)(H,22,23,26)/b12-5+. The number of aromatic nitrogens is 3. The number of anilines is 2. The Morgan fingerprint density at radius 2 is 2.15 bits per heavy atom. The van der Waals surface area contributed by atoms with Crippen molar-refractivity contribution < 1.29 is 9.13 Å². The fourth-order valence-electron chi connectivity index (χ4n) is 2.74. The van der Waals surface area contributed by atoms with Gasteiger partial charge >= 0.3 is 5.56 Å². The highest BCUT2D eigenvalue weighted by atomic mass is 19.1. The van der Waals surface area contributed by atoms with Crippen molar-refractivity contribution in [1.29, 1.82) is 0 Å². The van der Waals surface area contributed by atoms with Gasteiger partial charge in [-0.15, -0.1) is 0 Å². The number of rotatable bonds is 6. The van der Waals surface area contributed by atoms with E-state index in [1.807, 2.05) is 0 Å². The fraction of sp³-hybridized carbons (Fsp3) is 0.211. The van der Waals surface area contributed by atoms with E-state index in [4.69, 9.17) is 4.74 Å². The Labute approximate surface area is 154 Å². The molecule has 0 unspecified atom stereocenters. The smallest absolute Gasteiger partial charge is 0.316 e. The quantitative estimate of drug-likeness (QED) is 0.696. The van der Waals surface area contributed by atoms with Crippen LogP contribution in [-0.2, 0) is 6.54 Å². The number of aryl methyl sites for hydroxylation is 1. The molecule has 0 spiro atoms. The molecule has 3 rings (SSSR count). The molecule has 0 saturated heterocycles. The van der Waals surface area contributed by atoms with Crippen LogP contribution in [0.5, 0.6) is 5.75 Å². The third kappa shape index (κ3) is 4.05. The maximum Gasteiger partial charge on any atom is 0.316 e. The summed E-state index contributed by atoms with van der Waals surface area (Å²) in [6.45, 7) is 1.76. The number of benzene rings is 1. The van der Waals surface area contributed by atoms with Gasteiger partial charge in [-0.2, -0.15) is 4.98 Å². The molecule has 0 saturated carbocycles. The van der Waals surface area contributed by atoms with Crippen molar-refractivity contribution in [2.24, 2.45) is 0 Å². The molecule has 0 radical (unpaired) electrons. The summed E-state index contributed by atoms with van der Waals surface area (Å²) in [6.07, 6.45) is 4.95. The highest BCUT2D eigenvalue weighted by molar-refractivity contribution is 5.94. The van der Waals surface area contributed by atoms with Crippen LogP contribution in [0.3, 0.4) is 0 Å². The van der Waals surface area contributed by atoms with Crippen molar-refractivity contribution >= 4 is 22.4 Å². The van der Waals surface area contributed by atoms with Crippen LogP contribution in [0, 0.1) is 0 Å². The van der Waals surface area contributed by atoms with Gasteiger partial charge in [0.05, 0.1) is 19.1 Å². The van der Waals surface area contributed by atoms with Gasteiger partial charge in [-0.25, -0.2) is 4.39 Å². The number of allylic oxidation sites excluding steroid dienone is 2. The maximum atomic E-state index is 13.0. The fourth-order valence-corrected chi connectivity index (χ4v) is 2.74. The number of fused-ring (bicyclic) bond motifs is 1. The van der Waals surface area contributed by atoms with Gasteiger partial charge in [-0.3, -0.25) is 9.59 Å². The van der Waals surface area contributed by atoms with Crippen molar-refractivity contribution in [3.63, 3.8) is 0 Å². The van der Waals surface area contributed by atoms with Crippen LogP contribution in [0.2, 0.25) is 0 Å². The van der Waals surface area contributed by atoms with Crippen LogP contribution in [0.15, 0.2) is 58.2 Å². The zero-order valence-electron chi connectivity index (χ0n) is 15.0. The molecule has 1 aromatic carbocycles. The number of halogens is 1. The minimum atomic E-state index is -0.522. The first-order valence-corrected chi connectivity index (χ1v) is 8.35. The van der Waals surface area contributed by atoms with Gasteiger partial charge in [0, 0.05) is 29.2 Å². The zero-order chi connectivity index (χ0) is 19.4. The number of hydrogen-bond acceptors (Lipinski definition) is 5. The van der Waals surface area contributed by atoms with E-state index in [-0.39, 0.29) is 23.1 Å².